The fourth-order valence-corrected chi connectivity index (χ4v) is 2.66. The van der Waals surface area contributed by atoms with Crippen molar-refractivity contribution in [3.05, 3.63) is 35.9 Å². The van der Waals surface area contributed by atoms with E-state index in [0.717, 1.165) is 26.1 Å². The minimum absolute atomic E-state index is 0.139. The Morgan fingerprint density at radius 2 is 1.83 bits per heavy atom. The molecule has 3 nitrogen and oxygen atoms in total. The molecule has 1 aromatic rings. The average Bonchev–Trinajstić information content (AvgIpc) is 2.36. The molecule has 0 aliphatic carbocycles. The summed E-state index contributed by atoms with van der Waals surface area (Å²) in [4.78, 5) is 2.46. The minimum Gasteiger partial charge on any atom is -0.373 e. The first-order valence-electron chi connectivity index (χ1n) is 6.83. The zero-order valence-corrected chi connectivity index (χ0v) is 11.4. The third kappa shape index (κ3) is 3.80. The summed E-state index contributed by atoms with van der Waals surface area (Å²) in [5, 5.41) is 0. The van der Waals surface area contributed by atoms with Crippen LogP contribution in [0.3, 0.4) is 0 Å². The third-order valence-electron chi connectivity index (χ3n) is 3.48. The summed E-state index contributed by atoms with van der Waals surface area (Å²) in [6, 6.07) is 10.5. The van der Waals surface area contributed by atoms with Gasteiger partial charge >= 0.3 is 0 Å². The highest BCUT2D eigenvalue weighted by atomic mass is 16.5. The lowest BCUT2D eigenvalue weighted by atomic mass is 10.0. The van der Waals surface area contributed by atoms with E-state index in [9.17, 15) is 0 Å². The maximum absolute atomic E-state index is 6.22. The standard InChI is InChI=1S/C15H24N2O/c1-12-10-17(11-13(2)18-12)9-8-15(16)14-6-4-3-5-7-14/h3-7,12-13,15H,8-11,16H2,1-2H3/t12-,13+,15?. The monoisotopic (exact) mass is 248 g/mol. The van der Waals surface area contributed by atoms with Gasteiger partial charge in [-0.15, -0.1) is 0 Å². The van der Waals surface area contributed by atoms with Crippen LogP contribution < -0.4 is 5.73 Å². The van der Waals surface area contributed by atoms with E-state index in [0.29, 0.717) is 12.2 Å². The normalized spacial score (nSPS) is 27.1. The number of rotatable bonds is 4. The van der Waals surface area contributed by atoms with E-state index >= 15 is 0 Å². The van der Waals surface area contributed by atoms with Crippen LogP contribution in [0.25, 0.3) is 0 Å². The number of hydrogen-bond acceptors (Lipinski definition) is 3. The molecule has 3 heteroatoms. The molecular weight excluding hydrogens is 224 g/mol. The topological polar surface area (TPSA) is 38.5 Å². The van der Waals surface area contributed by atoms with Gasteiger partial charge in [0.25, 0.3) is 0 Å². The molecule has 1 aliphatic rings. The first-order valence-corrected chi connectivity index (χ1v) is 6.83. The van der Waals surface area contributed by atoms with Gasteiger partial charge in [0.1, 0.15) is 0 Å². The van der Waals surface area contributed by atoms with Crippen LogP contribution in [-0.2, 0) is 4.74 Å². The molecule has 0 radical (unpaired) electrons. The number of ether oxygens (including phenoxy) is 1. The molecule has 1 aromatic carbocycles. The molecule has 18 heavy (non-hydrogen) atoms. The van der Waals surface area contributed by atoms with Crippen molar-refractivity contribution in [2.24, 2.45) is 5.73 Å². The Bertz CT molecular complexity index is 345. The summed E-state index contributed by atoms with van der Waals surface area (Å²) >= 11 is 0. The number of nitrogens with zero attached hydrogens (tertiary/aromatic N) is 1. The zero-order chi connectivity index (χ0) is 13.0. The van der Waals surface area contributed by atoms with Crippen LogP contribution in [0.15, 0.2) is 30.3 Å². The van der Waals surface area contributed by atoms with Crippen molar-refractivity contribution in [1.82, 2.24) is 4.90 Å². The largest absolute Gasteiger partial charge is 0.373 e. The Morgan fingerprint density at radius 3 is 2.44 bits per heavy atom. The Balaban J connectivity index is 1.81. The van der Waals surface area contributed by atoms with Crippen molar-refractivity contribution in [2.45, 2.75) is 38.5 Å². The second kappa shape index (κ2) is 6.32. The lowest BCUT2D eigenvalue weighted by molar-refractivity contribution is -0.0684. The van der Waals surface area contributed by atoms with Crippen molar-refractivity contribution in [3.63, 3.8) is 0 Å². The molecule has 1 unspecified atom stereocenters. The van der Waals surface area contributed by atoms with Crippen LogP contribution in [0.4, 0.5) is 0 Å². The molecule has 0 amide bonds. The first kappa shape index (κ1) is 13.5. The summed E-state index contributed by atoms with van der Waals surface area (Å²) in [6.07, 6.45) is 1.67. The van der Waals surface area contributed by atoms with Crippen molar-refractivity contribution in [3.8, 4) is 0 Å². The van der Waals surface area contributed by atoms with Crippen LogP contribution in [0.1, 0.15) is 31.9 Å². The molecular formula is C15H24N2O. The predicted molar refractivity (Wildman–Crippen MR) is 74.4 cm³/mol. The maximum atomic E-state index is 6.22. The van der Waals surface area contributed by atoms with Gasteiger partial charge < -0.3 is 10.5 Å². The molecule has 1 aliphatic heterocycles. The molecule has 1 saturated heterocycles. The van der Waals surface area contributed by atoms with Crippen molar-refractivity contribution < 1.29 is 4.74 Å². The highest BCUT2D eigenvalue weighted by molar-refractivity contribution is 5.18. The van der Waals surface area contributed by atoms with Gasteiger partial charge in [-0.25, -0.2) is 0 Å². The number of morpholine rings is 1. The van der Waals surface area contributed by atoms with E-state index in [1.54, 1.807) is 0 Å². The Hall–Kier alpha value is -0.900. The number of hydrogen-bond donors (Lipinski definition) is 1. The summed E-state index contributed by atoms with van der Waals surface area (Å²) < 4.78 is 5.73. The van der Waals surface area contributed by atoms with Gasteiger partial charge in [0.2, 0.25) is 0 Å². The fourth-order valence-electron chi connectivity index (χ4n) is 2.66. The second-order valence-electron chi connectivity index (χ2n) is 5.32. The van der Waals surface area contributed by atoms with Gasteiger partial charge in [-0.1, -0.05) is 30.3 Å². The van der Waals surface area contributed by atoms with Crippen LogP contribution >= 0.6 is 0 Å². The quantitative estimate of drug-likeness (QED) is 0.887. The van der Waals surface area contributed by atoms with Crippen molar-refractivity contribution >= 4 is 0 Å². The maximum Gasteiger partial charge on any atom is 0.0678 e. The Kier molecular flexibility index (Phi) is 4.75. The SMILES string of the molecule is C[C@@H]1CN(CCC(N)c2ccccc2)C[C@H](C)O1. The van der Waals surface area contributed by atoms with Gasteiger partial charge in [-0.2, -0.15) is 0 Å². The molecule has 0 spiro atoms. The first-order chi connectivity index (χ1) is 8.65. The molecule has 3 atom stereocenters. The summed E-state index contributed by atoms with van der Waals surface area (Å²) in [6.45, 7) is 7.37. The summed E-state index contributed by atoms with van der Waals surface area (Å²) in [5.41, 5.74) is 7.45. The fraction of sp³-hybridized carbons (Fsp3) is 0.600. The molecule has 2 rings (SSSR count). The lowest BCUT2D eigenvalue weighted by Gasteiger charge is -2.35. The van der Waals surface area contributed by atoms with Gasteiger partial charge in [0.05, 0.1) is 12.2 Å². The van der Waals surface area contributed by atoms with E-state index in [-0.39, 0.29) is 6.04 Å². The summed E-state index contributed by atoms with van der Waals surface area (Å²) in [7, 11) is 0. The highest BCUT2D eigenvalue weighted by Crippen LogP contribution is 2.16. The highest BCUT2D eigenvalue weighted by Gasteiger charge is 2.22. The van der Waals surface area contributed by atoms with Crippen LogP contribution in [0, 0.1) is 0 Å². The molecule has 1 fully saturated rings. The second-order valence-corrected chi connectivity index (χ2v) is 5.32. The van der Waals surface area contributed by atoms with E-state index < -0.39 is 0 Å². The molecule has 0 bridgehead atoms. The Morgan fingerprint density at radius 1 is 1.22 bits per heavy atom. The molecule has 2 N–H and O–H groups in total. The number of benzene rings is 1. The van der Waals surface area contributed by atoms with Gasteiger partial charge in [0, 0.05) is 25.7 Å². The van der Waals surface area contributed by atoms with Crippen LogP contribution in [-0.4, -0.2) is 36.7 Å². The van der Waals surface area contributed by atoms with E-state index in [4.69, 9.17) is 10.5 Å². The van der Waals surface area contributed by atoms with Crippen molar-refractivity contribution in [1.29, 1.82) is 0 Å². The minimum atomic E-state index is 0.139. The van der Waals surface area contributed by atoms with Gasteiger partial charge in [0.15, 0.2) is 0 Å². The smallest absolute Gasteiger partial charge is 0.0678 e. The Labute approximate surface area is 110 Å². The van der Waals surface area contributed by atoms with Crippen molar-refractivity contribution in [2.75, 3.05) is 19.6 Å². The van der Waals surface area contributed by atoms with E-state index in [1.165, 1.54) is 5.56 Å². The predicted octanol–water partition coefficient (Wildman–Crippen LogP) is 2.19. The zero-order valence-electron chi connectivity index (χ0n) is 11.4. The molecule has 0 saturated carbocycles. The average molecular weight is 248 g/mol. The van der Waals surface area contributed by atoms with Crippen LogP contribution in [0.5, 0.6) is 0 Å². The lowest BCUT2D eigenvalue weighted by Crippen LogP contribution is -2.46. The number of nitrogens with two attached hydrogens (primary N) is 1. The third-order valence-corrected chi connectivity index (χ3v) is 3.48. The molecule has 1 heterocycles. The van der Waals surface area contributed by atoms with Crippen LogP contribution in [0.2, 0.25) is 0 Å². The molecule has 100 valence electrons. The van der Waals surface area contributed by atoms with E-state index in [1.807, 2.05) is 18.2 Å². The van der Waals surface area contributed by atoms with Gasteiger partial charge in [-0.05, 0) is 25.8 Å². The van der Waals surface area contributed by atoms with Gasteiger partial charge in [-0.3, -0.25) is 4.90 Å². The molecule has 0 aromatic heterocycles. The summed E-state index contributed by atoms with van der Waals surface area (Å²) in [5.74, 6) is 0. The van der Waals surface area contributed by atoms with E-state index in [2.05, 4.69) is 30.9 Å².